The van der Waals surface area contributed by atoms with Gasteiger partial charge < -0.3 is 31.7 Å². The Labute approximate surface area is 233 Å². The highest BCUT2D eigenvalue weighted by molar-refractivity contribution is 6.05. The molecule has 1 aromatic heterocycles. The fourth-order valence-electron chi connectivity index (χ4n) is 3.91. The van der Waals surface area contributed by atoms with E-state index in [0.717, 1.165) is 0 Å². The molecule has 0 aliphatic heterocycles. The van der Waals surface area contributed by atoms with E-state index < -0.39 is 41.2 Å². The molecule has 39 heavy (non-hydrogen) atoms. The molecule has 0 saturated carbocycles. The highest BCUT2D eigenvalue weighted by Gasteiger charge is 2.37. The molecule has 1 heterocycles. The van der Waals surface area contributed by atoms with Gasteiger partial charge in [0.2, 0.25) is 5.91 Å². The standard InChI is InChI=1S/C26H38N6O6.ClH/c1-14(2)21(31-25(36)38-26(4,5)6)23(35)32(18(22(27)34)8-7-11-30-24(28)29)16-9-10-17-15(3)12-20(33)37-19(17)13-16;/h9-10,12-14,18,21H,7-8,11H2,1-6H3,(H2,27,34)(H,31,36)(H4,28,29,30);1H/t18-,21-;/m0./s1. The Bertz CT molecular complexity index is 1270. The van der Waals surface area contributed by atoms with E-state index in [-0.39, 0.29) is 48.5 Å². The van der Waals surface area contributed by atoms with Crippen LogP contribution in [-0.4, -0.2) is 48.1 Å². The SMILES string of the molecule is Cc1cc(=O)oc2cc(N(C(=O)[C@@H](NC(=O)OC(C)(C)C)C(C)C)[C@@H](CCCN=C(N)N)C(N)=O)ccc12.Cl. The molecule has 2 aromatic rings. The lowest BCUT2D eigenvalue weighted by Crippen LogP contribution is -2.57. The van der Waals surface area contributed by atoms with E-state index in [2.05, 4.69) is 10.3 Å². The number of carbonyl (C=O) groups is 3. The van der Waals surface area contributed by atoms with Crippen LogP contribution in [0.5, 0.6) is 0 Å². The molecule has 1 aromatic carbocycles. The number of rotatable bonds is 10. The number of hydrogen-bond acceptors (Lipinski definition) is 7. The summed E-state index contributed by atoms with van der Waals surface area (Å²) in [5.74, 6) is -1.84. The molecule has 0 aliphatic rings. The molecule has 0 spiro atoms. The van der Waals surface area contributed by atoms with Crippen LogP contribution in [0.25, 0.3) is 11.0 Å². The Hall–Kier alpha value is -3.80. The Balaban J connectivity index is 0.00000760. The molecular formula is C26H39ClN6O6. The third-order valence-electron chi connectivity index (χ3n) is 5.63. The monoisotopic (exact) mass is 566 g/mol. The first-order chi connectivity index (χ1) is 17.6. The van der Waals surface area contributed by atoms with E-state index in [1.807, 2.05) is 0 Å². The third-order valence-corrected chi connectivity index (χ3v) is 5.63. The fraction of sp³-hybridized carbons (Fsp3) is 0.500. The summed E-state index contributed by atoms with van der Waals surface area (Å²) in [6.45, 7) is 10.6. The third kappa shape index (κ3) is 9.47. The number of guanidine groups is 1. The van der Waals surface area contributed by atoms with E-state index in [9.17, 15) is 19.2 Å². The summed E-state index contributed by atoms with van der Waals surface area (Å²) in [5.41, 5.74) is 16.4. The number of halogens is 1. The van der Waals surface area contributed by atoms with E-state index in [1.165, 1.54) is 17.0 Å². The Morgan fingerprint density at radius 1 is 1.13 bits per heavy atom. The Morgan fingerprint density at radius 3 is 2.31 bits per heavy atom. The maximum Gasteiger partial charge on any atom is 0.408 e. The summed E-state index contributed by atoms with van der Waals surface area (Å²) in [5, 5.41) is 3.28. The van der Waals surface area contributed by atoms with Crippen LogP contribution >= 0.6 is 12.4 Å². The van der Waals surface area contributed by atoms with Gasteiger partial charge in [0.05, 0.1) is 0 Å². The lowest BCUT2D eigenvalue weighted by Gasteiger charge is -2.34. The predicted octanol–water partition coefficient (Wildman–Crippen LogP) is 2.31. The van der Waals surface area contributed by atoms with Crippen molar-refractivity contribution in [2.75, 3.05) is 11.4 Å². The second-order valence-electron chi connectivity index (χ2n) is 10.4. The van der Waals surface area contributed by atoms with Crippen molar-refractivity contribution in [1.82, 2.24) is 5.32 Å². The molecule has 12 nitrogen and oxygen atoms in total. The largest absolute Gasteiger partial charge is 0.444 e. The van der Waals surface area contributed by atoms with Gasteiger partial charge in [0.15, 0.2) is 5.96 Å². The van der Waals surface area contributed by atoms with Gasteiger partial charge in [0, 0.05) is 29.8 Å². The maximum atomic E-state index is 14.0. The van der Waals surface area contributed by atoms with Crippen molar-refractivity contribution in [2.24, 2.45) is 28.1 Å². The number of benzene rings is 1. The van der Waals surface area contributed by atoms with Crippen molar-refractivity contribution in [3.63, 3.8) is 0 Å². The number of ether oxygens (including phenoxy) is 1. The molecule has 0 unspecified atom stereocenters. The first-order valence-corrected chi connectivity index (χ1v) is 12.3. The van der Waals surface area contributed by atoms with Gasteiger partial charge in [0.1, 0.15) is 23.3 Å². The molecule has 0 fully saturated rings. The molecule has 0 radical (unpaired) electrons. The van der Waals surface area contributed by atoms with Crippen LogP contribution in [0, 0.1) is 12.8 Å². The van der Waals surface area contributed by atoms with Crippen molar-refractivity contribution in [2.45, 2.75) is 72.1 Å². The summed E-state index contributed by atoms with van der Waals surface area (Å²) in [4.78, 5) is 56.4. The minimum atomic E-state index is -1.12. The zero-order chi connectivity index (χ0) is 28.8. The van der Waals surface area contributed by atoms with Gasteiger partial charge in [-0.2, -0.15) is 0 Å². The number of nitrogens with two attached hydrogens (primary N) is 3. The summed E-state index contributed by atoms with van der Waals surface area (Å²) >= 11 is 0. The molecule has 0 bridgehead atoms. The van der Waals surface area contributed by atoms with Gasteiger partial charge in [-0.05, 0) is 64.2 Å². The summed E-state index contributed by atoms with van der Waals surface area (Å²) in [6.07, 6.45) is -0.318. The van der Waals surface area contributed by atoms with Crippen molar-refractivity contribution in [3.8, 4) is 0 Å². The number of alkyl carbamates (subject to hydrolysis) is 1. The molecule has 7 N–H and O–H groups in total. The quantitative estimate of drug-likeness (QED) is 0.145. The Morgan fingerprint density at radius 2 is 1.77 bits per heavy atom. The topological polar surface area (TPSA) is 196 Å². The van der Waals surface area contributed by atoms with Crippen LogP contribution in [0.2, 0.25) is 0 Å². The average Bonchev–Trinajstić information content (AvgIpc) is 2.76. The van der Waals surface area contributed by atoms with Crippen molar-refractivity contribution < 1.29 is 23.5 Å². The van der Waals surface area contributed by atoms with Crippen LogP contribution in [0.1, 0.15) is 53.0 Å². The summed E-state index contributed by atoms with van der Waals surface area (Å²) < 4.78 is 10.7. The number of aryl methyl sites for hydroxylation is 1. The number of primary amides is 1. The number of amides is 3. The van der Waals surface area contributed by atoms with Crippen molar-refractivity contribution in [3.05, 3.63) is 40.2 Å². The number of aliphatic imine (C=N–C) groups is 1. The van der Waals surface area contributed by atoms with Gasteiger partial charge in [-0.1, -0.05) is 13.8 Å². The van der Waals surface area contributed by atoms with Crippen molar-refractivity contribution in [1.29, 1.82) is 0 Å². The van der Waals surface area contributed by atoms with E-state index in [4.69, 9.17) is 26.4 Å². The zero-order valence-corrected chi connectivity index (χ0v) is 24.0. The molecule has 2 rings (SSSR count). The number of anilines is 1. The zero-order valence-electron chi connectivity index (χ0n) is 23.1. The summed E-state index contributed by atoms with van der Waals surface area (Å²) in [7, 11) is 0. The average molecular weight is 567 g/mol. The Kier molecular flexibility index (Phi) is 11.8. The molecule has 216 valence electrons. The second-order valence-corrected chi connectivity index (χ2v) is 10.4. The number of nitrogens with one attached hydrogen (secondary N) is 1. The lowest BCUT2D eigenvalue weighted by atomic mass is 9.99. The normalized spacial score (nSPS) is 12.7. The van der Waals surface area contributed by atoms with Gasteiger partial charge in [-0.25, -0.2) is 9.59 Å². The second kappa shape index (κ2) is 13.8. The van der Waals surface area contributed by atoms with E-state index >= 15 is 0 Å². The number of fused-ring (bicyclic) bond motifs is 1. The minimum absolute atomic E-state index is 0. The van der Waals surface area contributed by atoms with Crippen LogP contribution in [0.15, 0.2) is 38.5 Å². The number of nitrogens with zero attached hydrogens (tertiary/aromatic N) is 2. The van der Waals surface area contributed by atoms with Gasteiger partial charge in [-0.3, -0.25) is 19.5 Å². The molecule has 0 saturated heterocycles. The van der Waals surface area contributed by atoms with Gasteiger partial charge in [-0.15, -0.1) is 12.4 Å². The maximum absolute atomic E-state index is 14.0. The van der Waals surface area contributed by atoms with Crippen LogP contribution in [0.3, 0.4) is 0 Å². The van der Waals surface area contributed by atoms with Crippen molar-refractivity contribution >= 4 is 52.9 Å². The minimum Gasteiger partial charge on any atom is -0.444 e. The molecule has 2 atom stereocenters. The highest BCUT2D eigenvalue weighted by atomic mass is 35.5. The predicted molar refractivity (Wildman–Crippen MR) is 153 cm³/mol. The molecule has 13 heteroatoms. The number of hydrogen-bond donors (Lipinski definition) is 4. The first kappa shape index (κ1) is 33.2. The van der Waals surface area contributed by atoms with E-state index in [1.54, 1.807) is 53.7 Å². The smallest absolute Gasteiger partial charge is 0.408 e. The van der Waals surface area contributed by atoms with Crippen LogP contribution in [-0.2, 0) is 14.3 Å². The van der Waals surface area contributed by atoms with Gasteiger partial charge >= 0.3 is 11.7 Å². The van der Waals surface area contributed by atoms with E-state index in [0.29, 0.717) is 17.4 Å². The number of carbonyl (C=O) groups excluding carboxylic acids is 3. The fourth-order valence-corrected chi connectivity index (χ4v) is 3.91. The van der Waals surface area contributed by atoms with Gasteiger partial charge in [0.25, 0.3) is 5.91 Å². The first-order valence-electron chi connectivity index (χ1n) is 12.3. The lowest BCUT2D eigenvalue weighted by molar-refractivity contribution is -0.126. The summed E-state index contributed by atoms with van der Waals surface area (Å²) in [6, 6.07) is 3.99. The molecule has 3 amide bonds. The molecular weight excluding hydrogens is 528 g/mol. The molecule has 0 aliphatic carbocycles. The van der Waals surface area contributed by atoms with Crippen LogP contribution < -0.4 is 33.0 Å². The van der Waals surface area contributed by atoms with Crippen LogP contribution in [0.4, 0.5) is 10.5 Å². The highest BCUT2D eigenvalue weighted by Crippen LogP contribution is 2.28.